The predicted molar refractivity (Wildman–Crippen MR) is 83.2 cm³/mol. The number of benzene rings is 1. The molecule has 0 aliphatic carbocycles. The van der Waals surface area contributed by atoms with Crippen LogP contribution in [0.15, 0.2) is 24.3 Å². The van der Waals surface area contributed by atoms with Crippen molar-refractivity contribution in [2.75, 3.05) is 18.5 Å². The second kappa shape index (κ2) is 7.78. The van der Waals surface area contributed by atoms with Crippen molar-refractivity contribution in [3.8, 4) is 0 Å². The van der Waals surface area contributed by atoms with Crippen LogP contribution in [0.3, 0.4) is 0 Å². The summed E-state index contributed by atoms with van der Waals surface area (Å²) in [5, 5.41) is 15.0. The molecule has 116 valence electrons. The van der Waals surface area contributed by atoms with Crippen molar-refractivity contribution in [2.45, 2.75) is 33.6 Å². The second-order valence-electron chi connectivity index (χ2n) is 5.31. The van der Waals surface area contributed by atoms with E-state index < -0.39 is 0 Å². The number of carbonyl (C=O) groups excluding carboxylic acids is 2. The van der Waals surface area contributed by atoms with E-state index >= 15 is 0 Å². The zero-order chi connectivity index (χ0) is 15.9. The highest BCUT2D eigenvalue weighted by Gasteiger charge is 2.25. The van der Waals surface area contributed by atoms with Crippen LogP contribution in [0.2, 0.25) is 0 Å². The number of aliphatic hydroxyl groups excluding tert-OH is 1. The molecular formula is C16H24N2O3. The highest BCUT2D eigenvalue weighted by molar-refractivity contribution is 5.95. The SMILES string of the molecule is CCC(CC)(CO)CNC(=O)c1ccc(NC(C)=O)cc1. The van der Waals surface area contributed by atoms with Gasteiger partial charge in [0.15, 0.2) is 0 Å². The fourth-order valence-corrected chi connectivity index (χ4v) is 2.06. The van der Waals surface area contributed by atoms with Gasteiger partial charge in [0.05, 0.1) is 6.61 Å². The molecule has 2 amide bonds. The molecule has 0 atom stereocenters. The highest BCUT2D eigenvalue weighted by atomic mass is 16.3. The van der Waals surface area contributed by atoms with E-state index in [4.69, 9.17) is 0 Å². The topological polar surface area (TPSA) is 78.4 Å². The van der Waals surface area contributed by atoms with E-state index in [1.807, 2.05) is 13.8 Å². The fourth-order valence-electron chi connectivity index (χ4n) is 2.06. The molecule has 1 aromatic carbocycles. The lowest BCUT2D eigenvalue weighted by atomic mass is 9.83. The predicted octanol–water partition coefficient (Wildman–Crippen LogP) is 2.17. The Morgan fingerprint density at radius 1 is 1.14 bits per heavy atom. The van der Waals surface area contributed by atoms with Crippen LogP contribution in [0.1, 0.15) is 44.0 Å². The molecule has 0 aliphatic heterocycles. The molecule has 0 radical (unpaired) electrons. The number of anilines is 1. The van der Waals surface area contributed by atoms with Gasteiger partial charge in [-0.2, -0.15) is 0 Å². The standard InChI is InChI=1S/C16H24N2O3/c1-4-16(5-2,11-19)10-17-15(21)13-6-8-14(9-7-13)18-12(3)20/h6-9,19H,4-5,10-11H2,1-3H3,(H,17,21)(H,18,20). The van der Waals surface area contributed by atoms with Crippen LogP contribution in [0.5, 0.6) is 0 Å². The molecule has 0 bridgehead atoms. The second-order valence-corrected chi connectivity index (χ2v) is 5.31. The minimum absolute atomic E-state index is 0.0573. The molecule has 1 aromatic rings. The van der Waals surface area contributed by atoms with Gasteiger partial charge in [-0.3, -0.25) is 9.59 Å². The van der Waals surface area contributed by atoms with Crippen molar-refractivity contribution in [2.24, 2.45) is 5.41 Å². The number of hydrogen-bond donors (Lipinski definition) is 3. The molecule has 1 rings (SSSR count). The smallest absolute Gasteiger partial charge is 0.251 e. The number of nitrogens with one attached hydrogen (secondary N) is 2. The third-order valence-corrected chi connectivity index (χ3v) is 3.93. The van der Waals surface area contributed by atoms with Crippen LogP contribution in [0.4, 0.5) is 5.69 Å². The maximum atomic E-state index is 12.1. The average Bonchev–Trinajstić information content (AvgIpc) is 2.49. The molecule has 5 heteroatoms. The van der Waals surface area contributed by atoms with Gasteiger partial charge in [0.25, 0.3) is 5.91 Å². The van der Waals surface area contributed by atoms with E-state index in [0.717, 1.165) is 12.8 Å². The summed E-state index contributed by atoms with van der Waals surface area (Å²) in [6.45, 7) is 5.96. The summed E-state index contributed by atoms with van der Waals surface area (Å²) in [4.78, 5) is 23.0. The van der Waals surface area contributed by atoms with E-state index in [1.54, 1.807) is 24.3 Å². The first-order chi connectivity index (χ1) is 9.96. The van der Waals surface area contributed by atoms with Gasteiger partial charge in [-0.15, -0.1) is 0 Å². The van der Waals surface area contributed by atoms with E-state index in [0.29, 0.717) is 17.8 Å². The van der Waals surface area contributed by atoms with Gasteiger partial charge in [0.1, 0.15) is 0 Å². The maximum Gasteiger partial charge on any atom is 0.251 e. The molecule has 0 unspecified atom stereocenters. The van der Waals surface area contributed by atoms with Gasteiger partial charge in [-0.05, 0) is 37.1 Å². The summed E-state index contributed by atoms with van der Waals surface area (Å²) < 4.78 is 0. The molecule has 5 nitrogen and oxygen atoms in total. The third-order valence-electron chi connectivity index (χ3n) is 3.93. The summed E-state index contributed by atoms with van der Waals surface area (Å²) in [6.07, 6.45) is 1.61. The Labute approximate surface area is 125 Å². The Kier molecular flexibility index (Phi) is 6.37. The molecule has 0 heterocycles. The van der Waals surface area contributed by atoms with Crippen molar-refractivity contribution < 1.29 is 14.7 Å². The van der Waals surface area contributed by atoms with Crippen molar-refractivity contribution in [1.82, 2.24) is 5.32 Å². The lowest BCUT2D eigenvalue weighted by molar-refractivity contribution is -0.114. The number of hydrogen-bond acceptors (Lipinski definition) is 3. The largest absolute Gasteiger partial charge is 0.396 e. The average molecular weight is 292 g/mol. The van der Waals surface area contributed by atoms with Gasteiger partial charge in [0.2, 0.25) is 5.91 Å². The van der Waals surface area contributed by atoms with Gasteiger partial charge < -0.3 is 15.7 Å². The lowest BCUT2D eigenvalue weighted by Gasteiger charge is -2.29. The molecule has 0 saturated carbocycles. The van der Waals surface area contributed by atoms with Gasteiger partial charge in [0, 0.05) is 30.1 Å². The summed E-state index contributed by atoms with van der Waals surface area (Å²) >= 11 is 0. The Morgan fingerprint density at radius 3 is 2.14 bits per heavy atom. The van der Waals surface area contributed by atoms with E-state index in [1.165, 1.54) is 6.92 Å². The number of amides is 2. The van der Waals surface area contributed by atoms with Crippen molar-refractivity contribution >= 4 is 17.5 Å². The van der Waals surface area contributed by atoms with Crippen molar-refractivity contribution in [3.63, 3.8) is 0 Å². The molecule has 0 aliphatic rings. The maximum absolute atomic E-state index is 12.1. The summed E-state index contributed by atoms with van der Waals surface area (Å²) in [5.74, 6) is -0.324. The first-order valence-electron chi connectivity index (χ1n) is 7.23. The first kappa shape index (κ1) is 17.2. The van der Waals surface area contributed by atoms with E-state index in [-0.39, 0.29) is 23.8 Å². The number of aliphatic hydroxyl groups is 1. The van der Waals surface area contributed by atoms with Crippen LogP contribution in [-0.4, -0.2) is 30.1 Å². The molecule has 0 spiro atoms. The zero-order valence-corrected chi connectivity index (χ0v) is 12.9. The van der Waals surface area contributed by atoms with Crippen molar-refractivity contribution in [3.05, 3.63) is 29.8 Å². The monoisotopic (exact) mass is 292 g/mol. The minimum atomic E-state index is -0.258. The molecule has 21 heavy (non-hydrogen) atoms. The minimum Gasteiger partial charge on any atom is -0.396 e. The molecule has 0 fully saturated rings. The zero-order valence-electron chi connectivity index (χ0n) is 12.9. The van der Waals surface area contributed by atoms with Crippen LogP contribution in [-0.2, 0) is 4.79 Å². The normalized spacial score (nSPS) is 11.0. The lowest BCUT2D eigenvalue weighted by Crippen LogP contribution is -2.39. The third kappa shape index (κ3) is 4.86. The van der Waals surface area contributed by atoms with E-state index in [9.17, 15) is 14.7 Å². The Bertz CT molecular complexity index is 471. The van der Waals surface area contributed by atoms with Crippen LogP contribution < -0.4 is 10.6 Å². The summed E-state index contributed by atoms with van der Waals surface area (Å²) in [5.41, 5.74) is 0.931. The van der Waals surface area contributed by atoms with Crippen LogP contribution in [0, 0.1) is 5.41 Å². The molecular weight excluding hydrogens is 268 g/mol. The Morgan fingerprint density at radius 2 is 1.71 bits per heavy atom. The van der Waals surface area contributed by atoms with Gasteiger partial charge in [-0.25, -0.2) is 0 Å². The van der Waals surface area contributed by atoms with Crippen molar-refractivity contribution in [1.29, 1.82) is 0 Å². The Balaban J connectivity index is 2.65. The number of rotatable bonds is 7. The Hall–Kier alpha value is -1.88. The van der Waals surface area contributed by atoms with Gasteiger partial charge in [-0.1, -0.05) is 13.8 Å². The summed E-state index contributed by atoms with van der Waals surface area (Å²) in [7, 11) is 0. The first-order valence-corrected chi connectivity index (χ1v) is 7.23. The molecule has 3 N–H and O–H groups in total. The van der Waals surface area contributed by atoms with Gasteiger partial charge >= 0.3 is 0 Å². The quantitative estimate of drug-likeness (QED) is 0.720. The van der Waals surface area contributed by atoms with E-state index in [2.05, 4.69) is 10.6 Å². The van der Waals surface area contributed by atoms with Crippen LogP contribution >= 0.6 is 0 Å². The number of carbonyl (C=O) groups is 2. The molecule has 0 saturated heterocycles. The van der Waals surface area contributed by atoms with Crippen LogP contribution in [0.25, 0.3) is 0 Å². The molecule has 0 aromatic heterocycles. The fraction of sp³-hybridized carbons (Fsp3) is 0.500. The highest BCUT2D eigenvalue weighted by Crippen LogP contribution is 2.24. The summed E-state index contributed by atoms with van der Waals surface area (Å²) in [6, 6.07) is 6.71.